The highest BCUT2D eigenvalue weighted by Crippen LogP contribution is 2.25. The highest BCUT2D eigenvalue weighted by molar-refractivity contribution is 6.31. The maximum Gasteiger partial charge on any atom is 0.254 e. The van der Waals surface area contributed by atoms with Crippen LogP contribution in [0.25, 0.3) is 0 Å². The molecule has 1 aliphatic rings. The lowest BCUT2D eigenvalue weighted by molar-refractivity contribution is -0.135. The van der Waals surface area contributed by atoms with Crippen molar-refractivity contribution < 1.29 is 14.3 Å². The number of hydrogen-bond acceptors (Lipinski definition) is 3. The van der Waals surface area contributed by atoms with Gasteiger partial charge in [-0.15, -0.1) is 0 Å². The molecule has 196 valence electrons. The van der Waals surface area contributed by atoms with E-state index in [1.807, 2.05) is 29.2 Å². The summed E-state index contributed by atoms with van der Waals surface area (Å²) in [6.07, 6.45) is 7.50. The first-order valence-electron chi connectivity index (χ1n) is 13.1. The number of ether oxygens (including phenoxy) is 1. The van der Waals surface area contributed by atoms with Gasteiger partial charge in [0, 0.05) is 48.7 Å². The van der Waals surface area contributed by atoms with Gasteiger partial charge >= 0.3 is 0 Å². The third-order valence-corrected chi connectivity index (χ3v) is 7.27. The van der Waals surface area contributed by atoms with Crippen LogP contribution in [-0.4, -0.2) is 59.0 Å². The van der Waals surface area contributed by atoms with Crippen LogP contribution in [0.1, 0.15) is 53.7 Å². The number of aromatic nitrogens is 1. The monoisotopic (exact) mass is 521 g/mol. The molecular weight excluding hydrogens is 486 g/mol. The maximum atomic E-state index is 13.9. The fourth-order valence-corrected chi connectivity index (χ4v) is 5.22. The summed E-state index contributed by atoms with van der Waals surface area (Å²) in [5.41, 5.74) is 2.78. The van der Waals surface area contributed by atoms with E-state index in [1.54, 1.807) is 36.3 Å². The molecular formula is C30H36ClN3O3. The van der Waals surface area contributed by atoms with Gasteiger partial charge in [0.25, 0.3) is 5.91 Å². The van der Waals surface area contributed by atoms with E-state index in [2.05, 4.69) is 29.0 Å². The van der Waals surface area contributed by atoms with Gasteiger partial charge in [-0.1, -0.05) is 67.3 Å². The number of benzene rings is 2. The normalized spacial score (nSPS) is 13.9. The zero-order valence-electron chi connectivity index (χ0n) is 21.5. The minimum absolute atomic E-state index is 0.00456. The highest BCUT2D eigenvalue weighted by Gasteiger charge is 2.29. The smallest absolute Gasteiger partial charge is 0.254 e. The van der Waals surface area contributed by atoms with Gasteiger partial charge in [0.05, 0.1) is 13.2 Å². The number of methoxy groups -OCH3 is 1. The number of rotatable bonds is 11. The summed E-state index contributed by atoms with van der Waals surface area (Å²) in [6, 6.07) is 21.5. The minimum atomic E-state index is -0.219. The molecule has 1 aromatic heterocycles. The van der Waals surface area contributed by atoms with Crippen molar-refractivity contribution in [3.8, 4) is 0 Å². The summed E-state index contributed by atoms with van der Waals surface area (Å²) in [5.74, 6) is -0.255. The van der Waals surface area contributed by atoms with Gasteiger partial charge in [-0.3, -0.25) is 9.59 Å². The lowest BCUT2D eigenvalue weighted by Crippen LogP contribution is -2.48. The predicted molar refractivity (Wildman–Crippen MR) is 147 cm³/mol. The van der Waals surface area contributed by atoms with Crippen LogP contribution < -0.4 is 0 Å². The Balaban J connectivity index is 1.54. The Morgan fingerprint density at radius 1 is 1.00 bits per heavy atom. The summed E-state index contributed by atoms with van der Waals surface area (Å²) < 4.78 is 7.46. The van der Waals surface area contributed by atoms with Crippen molar-refractivity contribution in [3.05, 3.63) is 94.8 Å². The Kier molecular flexibility index (Phi) is 9.80. The standard InChI is InChI=1S/C30H36ClN3O3/c1-37-19-18-33(30(36)25-12-8-13-26(31)20-25)23-29(35)34(27-14-6-3-7-15-27)22-28-16-9-17-32(28)21-24-10-4-2-5-11-24/h2,4-5,8-13,16-17,20,27H,3,6-7,14-15,18-19,21-23H2,1H3. The van der Waals surface area contributed by atoms with Crippen LogP contribution in [0.15, 0.2) is 72.9 Å². The molecule has 1 fully saturated rings. The zero-order valence-corrected chi connectivity index (χ0v) is 22.3. The molecule has 0 atom stereocenters. The number of hydrogen-bond donors (Lipinski definition) is 0. The average Bonchev–Trinajstić information content (AvgIpc) is 3.36. The van der Waals surface area contributed by atoms with Crippen LogP contribution in [0.3, 0.4) is 0 Å². The van der Waals surface area contributed by atoms with Gasteiger partial charge in [-0.25, -0.2) is 0 Å². The number of halogens is 1. The summed E-state index contributed by atoms with van der Waals surface area (Å²) in [7, 11) is 1.60. The van der Waals surface area contributed by atoms with E-state index in [0.717, 1.165) is 37.9 Å². The maximum absolute atomic E-state index is 13.9. The van der Waals surface area contributed by atoms with Crippen molar-refractivity contribution in [1.82, 2.24) is 14.4 Å². The molecule has 6 nitrogen and oxygen atoms in total. The van der Waals surface area contributed by atoms with Crippen molar-refractivity contribution in [2.24, 2.45) is 0 Å². The Labute approximate surface area is 224 Å². The van der Waals surface area contributed by atoms with Crippen molar-refractivity contribution in [3.63, 3.8) is 0 Å². The first-order valence-corrected chi connectivity index (χ1v) is 13.4. The molecule has 0 spiro atoms. The second-order valence-corrected chi connectivity index (χ2v) is 10.1. The molecule has 0 N–H and O–H groups in total. The number of carbonyl (C=O) groups is 2. The van der Waals surface area contributed by atoms with E-state index < -0.39 is 0 Å². The lowest BCUT2D eigenvalue weighted by atomic mass is 9.94. The Hall–Kier alpha value is -3.09. The van der Waals surface area contributed by atoms with E-state index in [0.29, 0.717) is 30.3 Å². The fraction of sp³-hybridized carbons (Fsp3) is 0.400. The van der Waals surface area contributed by atoms with E-state index in [1.165, 1.54) is 12.0 Å². The summed E-state index contributed by atoms with van der Waals surface area (Å²) >= 11 is 6.14. The van der Waals surface area contributed by atoms with Crippen molar-refractivity contribution >= 4 is 23.4 Å². The molecule has 2 aromatic carbocycles. The van der Waals surface area contributed by atoms with Gasteiger partial charge in [0.15, 0.2) is 0 Å². The van der Waals surface area contributed by atoms with Crippen molar-refractivity contribution in [2.75, 3.05) is 26.8 Å². The second kappa shape index (κ2) is 13.5. The summed E-state index contributed by atoms with van der Waals surface area (Å²) in [4.78, 5) is 30.8. The fourth-order valence-electron chi connectivity index (χ4n) is 5.03. The SMILES string of the molecule is COCCN(CC(=O)N(Cc1cccn1Cc1ccccc1)C1CCCCC1)C(=O)c1cccc(Cl)c1. The largest absolute Gasteiger partial charge is 0.383 e. The van der Waals surface area contributed by atoms with Crippen LogP contribution in [0.5, 0.6) is 0 Å². The zero-order chi connectivity index (χ0) is 26.0. The first-order chi connectivity index (χ1) is 18.0. The molecule has 37 heavy (non-hydrogen) atoms. The van der Waals surface area contributed by atoms with Crippen LogP contribution >= 0.6 is 11.6 Å². The molecule has 0 radical (unpaired) electrons. The summed E-state index contributed by atoms with van der Waals surface area (Å²) in [6.45, 7) is 1.96. The van der Waals surface area contributed by atoms with E-state index in [9.17, 15) is 9.59 Å². The molecule has 1 saturated carbocycles. The van der Waals surface area contributed by atoms with Crippen LogP contribution in [-0.2, 0) is 22.6 Å². The predicted octanol–water partition coefficient (Wildman–Crippen LogP) is 5.64. The average molecular weight is 522 g/mol. The van der Waals surface area contributed by atoms with Crippen LogP contribution in [0.2, 0.25) is 5.02 Å². The third-order valence-electron chi connectivity index (χ3n) is 7.04. The molecule has 0 unspecified atom stereocenters. The van der Waals surface area contributed by atoms with Gasteiger partial charge in [0.2, 0.25) is 5.91 Å². The molecule has 2 amide bonds. The Bertz CT molecular complexity index is 1160. The van der Waals surface area contributed by atoms with Gasteiger partial charge < -0.3 is 19.1 Å². The van der Waals surface area contributed by atoms with Gasteiger partial charge in [0.1, 0.15) is 6.54 Å². The third kappa shape index (κ3) is 7.46. The highest BCUT2D eigenvalue weighted by atomic mass is 35.5. The molecule has 1 heterocycles. The second-order valence-electron chi connectivity index (χ2n) is 9.66. The number of nitrogens with zero attached hydrogens (tertiary/aromatic N) is 3. The van der Waals surface area contributed by atoms with Crippen LogP contribution in [0, 0.1) is 0 Å². The van der Waals surface area contributed by atoms with Crippen molar-refractivity contribution in [1.29, 1.82) is 0 Å². The van der Waals surface area contributed by atoms with E-state index in [4.69, 9.17) is 16.3 Å². The molecule has 1 aliphatic carbocycles. The van der Waals surface area contributed by atoms with Gasteiger partial charge in [-0.05, 0) is 48.7 Å². The van der Waals surface area contributed by atoms with E-state index in [-0.39, 0.29) is 24.4 Å². The molecule has 0 saturated heterocycles. The molecule has 0 aliphatic heterocycles. The van der Waals surface area contributed by atoms with Crippen molar-refractivity contribution in [2.45, 2.75) is 51.2 Å². The Morgan fingerprint density at radius 2 is 1.78 bits per heavy atom. The van der Waals surface area contributed by atoms with Gasteiger partial charge in [-0.2, -0.15) is 0 Å². The summed E-state index contributed by atoms with van der Waals surface area (Å²) in [5, 5.41) is 0.492. The number of amides is 2. The minimum Gasteiger partial charge on any atom is -0.383 e. The van der Waals surface area contributed by atoms with E-state index >= 15 is 0 Å². The number of carbonyl (C=O) groups excluding carboxylic acids is 2. The molecule has 4 rings (SSSR count). The van der Waals surface area contributed by atoms with Crippen LogP contribution in [0.4, 0.5) is 0 Å². The first kappa shape index (κ1) is 27.0. The molecule has 3 aromatic rings. The quantitative estimate of drug-likeness (QED) is 0.328. The topological polar surface area (TPSA) is 54.8 Å². The Morgan fingerprint density at radius 3 is 2.51 bits per heavy atom. The lowest BCUT2D eigenvalue weighted by Gasteiger charge is -2.36. The molecule has 0 bridgehead atoms. The molecule has 7 heteroatoms.